The Bertz CT molecular complexity index is 656. The monoisotopic (exact) mass is 314 g/mol. The number of nitrogens with zero attached hydrogens (tertiary/aromatic N) is 2. The van der Waals surface area contributed by atoms with Crippen molar-refractivity contribution in [2.75, 3.05) is 20.3 Å². The van der Waals surface area contributed by atoms with Crippen molar-refractivity contribution in [1.29, 1.82) is 0 Å². The Morgan fingerprint density at radius 1 is 1.17 bits per heavy atom. The smallest absolute Gasteiger partial charge is 0.339 e. The molecule has 6 heteroatoms. The number of rotatable bonds is 6. The van der Waals surface area contributed by atoms with Gasteiger partial charge in [0.15, 0.2) is 0 Å². The maximum absolute atomic E-state index is 12.5. The lowest BCUT2D eigenvalue weighted by atomic mass is 10.2. The second-order valence-corrected chi connectivity index (χ2v) is 4.86. The van der Waals surface area contributed by atoms with Crippen LogP contribution >= 0.6 is 0 Å². The van der Waals surface area contributed by atoms with Crippen molar-refractivity contribution in [3.8, 4) is 0 Å². The minimum absolute atomic E-state index is 0.140. The molecule has 0 bridgehead atoms. The quantitative estimate of drug-likeness (QED) is 0.817. The number of pyridine rings is 1. The van der Waals surface area contributed by atoms with Gasteiger partial charge >= 0.3 is 5.97 Å². The van der Waals surface area contributed by atoms with E-state index in [-0.39, 0.29) is 30.3 Å². The number of methoxy groups -OCH3 is 1. The lowest BCUT2D eigenvalue weighted by Crippen LogP contribution is -2.33. The zero-order chi connectivity index (χ0) is 16.7. The molecule has 6 nitrogen and oxygen atoms in total. The Morgan fingerprint density at radius 3 is 2.48 bits per heavy atom. The minimum atomic E-state index is -0.506. The Labute approximate surface area is 134 Å². The number of aromatic nitrogens is 1. The van der Waals surface area contributed by atoms with Crippen LogP contribution in [0.15, 0.2) is 48.7 Å². The topological polar surface area (TPSA) is 79.7 Å². The van der Waals surface area contributed by atoms with E-state index in [1.54, 1.807) is 0 Å². The first-order valence-electron chi connectivity index (χ1n) is 7.14. The van der Waals surface area contributed by atoms with Gasteiger partial charge < -0.3 is 14.7 Å². The molecule has 1 heterocycles. The van der Waals surface area contributed by atoms with Crippen LogP contribution in [0, 0.1) is 0 Å². The summed E-state index contributed by atoms with van der Waals surface area (Å²) in [6.07, 6.45) is 1.30. The number of amides is 1. The van der Waals surface area contributed by atoms with Crippen molar-refractivity contribution in [2.24, 2.45) is 0 Å². The van der Waals surface area contributed by atoms with Crippen LogP contribution < -0.4 is 0 Å². The molecule has 2 aromatic rings. The van der Waals surface area contributed by atoms with Crippen LogP contribution in [0.1, 0.15) is 26.4 Å². The first-order chi connectivity index (χ1) is 11.2. The van der Waals surface area contributed by atoms with Gasteiger partial charge in [-0.1, -0.05) is 30.3 Å². The maximum Gasteiger partial charge on any atom is 0.339 e. The molecule has 120 valence electrons. The van der Waals surface area contributed by atoms with Gasteiger partial charge in [-0.3, -0.25) is 9.78 Å². The molecular weight excluding hydrogens is 296 g/mol. The highest BCUT2D eigenvalue weighted by Crippen LogP contribution is 2.10. The van der Waals surface area contributed by atoms with Crippen LogP contribution in [-0.4, -0.2) is 47.1 Å². The van der Waals surface area contributed by atoms with E-state index < -0.39 is 5.97 Å². The number of esters is 1. The number of aliphatic hydroxyl groups is 1. The normalized spacial score (nSPS) is 10.2. The molecule has 1 aromatic carbocycles. The van der Waals surface area contributed by atoms with E-state index in [4.69, 9.17) is 0 Å². The molecule has 23 heavy (non-hydrogen) atoms. The molecule has 1 aromatic heterocycles. The molecule has 0 unspecified atom stereocenters. The number of hydrogen-bond donors (Lipinski definition) is 1. The summed E-state index contributed by atoms with van der Waals surface area (Å²) in [5, 5.41) is 9.18. The van der Waals surface area contributed by atoms with Crippen LogP contribution in [0.3, 0.4) is 0 Å². The summed E-state index contributed by atoms with van der Waals surface area (Å²) in [5.41, 5.74) is 1.45. The maximum atomic E-state index is 12.5. The average Bonchev–Trinajstić information content (AvgIpc) is 2.61. The van der Waals surface area contributed by atoms with Crippen LogP contribution in [-0.2, 0) is 11.3 Å². The number of carbonyl (C=O) groups is 2. The molecule has 0 atom stereocenters. The van der Waals surface area contributed by atoms with E-state index in [0.717, 1.165) is 5.56 Å². The highest BCUT2D eigenvalue weighted by Gasteiger charge is 2.17. The summed E-state index contributed by atoms with van der Waals surface area (Å²) in [6.45, 7) is 0.438. The van der Waals surface area contributed by atoms with Gasteiger partial charge in [0.1, 0.15) is 5.69 Å². The van der Waals surface area contributed by atoms with E-state index in [0.29, 0.717) is 6.54 Å². The zero-order valence-corrected chi connectivity index (χ0v) is 12.8. The first kappa shape index (κ1) is 16.6. The third-order valence-corrected chi connectivity index (χ3v) is 3.28. The van der Waals surface area contributed by atoms with Gasteiger partial charge in [0.25, 0.3) is 5.91 Å². The third-order valence-electron chi connectivity index (χ3n) is 3.28. The summed E-state index contributed by atoms with van der Waals surface area (Å²) >= 11 is 0. The predicted molar refractivity (Wildman–Crippen MR) is 83.8 cm³/mol. The van der Waals surface area contributed by atoms with Crippen molar-refractivity contribution in [3.63, 3.8) is 0 Å². The largest absolute Gasteiger partial charge is 0.465 e. The van der Waals surface area contributed by atoms with Gasteiger partial charge in [0.05, 0.1) is 19.3 Å². The number of hydrogen-bond acceptors (Lipinski definition) is 5. The number of aliphatic hydroxyl groups excluding tert-OH is 1. The van der Waals surface area contributed by atoms with Crippen LogP contribution in [0.2, 0.25) is 0 Å². The standard InChI is InChI=1S/C17H18N2O4/c1-23-17(22)14-7-8-15(18-11-14)16(21)19(9-10-20)12-13-5-3-2-4-6-13/h2-8,11,20H,9-10,12H2,1H3. The fourth-order valence-corrected chi connectivity index (χ4v) is 2.10. The molecule has 0 fully saturated rings. The molecule has 0 aliphatic carbocycles. The van der Waals surface area contributed by atoms with Crippen molar-refractivity contribution >= 4 is 11.9 Å². The predicted octanol–water partition coefficient (Wildman–Crippen LogP) is 1.50. The summed E-state index contributed by atoms with van der Waals surface area (Å²) in [5.74, 6) is -0.813. The lowest BCUT2D eigenvalue weighted by Gasteiger charge is -2.21. The van der Waals surface area contributed by atoms with Gasteiger partial charge in [-0.15, -0.1) is 0 Å². The number of benzene rings is 1. The second-order valence-electron chi connectivity index (χ2n) is 4.86. The van der Waals surface area contributed by atoms with E-state index in [1.807, 2.05) is 30.3 Å². The molecule has 0 aliphatic heterocycles. The summed E-state index contributed by atoms with van der Waals surface area (Å²) in [7, 11) is 1.28. The first-order valence-corrected chi connectivity index (χ1v) is 7.14. The summed E-state index contributed by atoms with van der Waals surface area (Å²) in [6, 6.07) is 12.5. The van der Waals surface area contributed by atoms with E-state index in [2.05, 4.69) is 9.72 Å². The third kappa shape index (κ3) is 4.37. The highest BCUT2D eigenvalue weighted by atomic mass is 16.5. The summed E-state index contributed by atoms with van der Waals surface area (Å²) in [4.78, 5) is 29.4. The number of carbonyl (C=O) groups excluding carboxylic acids is 2. The van der Waals surface area contributed by atoms with Gasteiger partial charge in [-0.25, -0.2) is 4.79 Å². The molecular formula is C17H18N2O4. The minimum Gasteiger partial charge on any atom is -0.465 e. The Balaban J connectivity index is 2.15. The molecule has 2 rings (SSSR count). The van der Waals surface area contributed by atoms with Crippen LogP contribution in [0.25, 0.3) is 0 Å². The molecule has 0 aliphatic rings. The van der Waals surface area contributed by atoms with Gasteiger partial charge in [-0.05, 0) is 17.7 Å². The van der Waals surface area contributed by atoms with Crippen molar-refractivity contribution in [1.82, 2.24) is 9.88 Å². The van der Waals surface area contributed by atoms with Gasteiger partial charge in [0, 0.05) is 19.3 Å². The van der Waals surface area contributed by atoms with Gasteiger partial charge in [-0.2, -0.15) is 0 Å². The highest BCUT2D eigenvalue weighted by molar-refractivity contribution is 5.94. The fraction of sp³-hybridized carbons (Fsp3) is 0.235. The average molecular weight is 314 g/mol. The van der Waals surface area contributed by atoms with Crippen molar-refractivity contribution in [3.05, 3.63) is 65.5 Å². The molecule has 0 radical (unpaired) electrons. The van der Waals surface area contributed by atoms with E-state index in [9.17, 15) is 14.7 Å². The van der Waals surface area contributed by atoms with Crippen LogP contribution in [0.5, 0.6) is 0 Å². The fourth-order valence-electron chi connectivity index (χ4n) is 2.10. The van der Waals surface area contributed by atoms with Crippen LogP contribution in [0.4, 0.5) is 0 Å². The number of ether oxygens (including phenoxy) is 1. The van der Waals surface area contributed by atoms with Crippen molar-refractivity contribution in [2.45, 2.75) is 6.54 Å². The Hall–Kier alpha value is -2.73. The van der Waals surface area contributed by atoms with Crippen molar-refractivity contribution < 1.29 is 19.4 Å². The Morgan fingerprint density at radius 2 is 1.91 bits per heavy atom. The van der Waals surface area contributed by atoms with E-state index >= 15 is 0 Å². The second kappa shape index (κ2) is 8.05. The lowest BCUT2D eigenvalue weighted by molar-refractivity contribution is 0.0598. The summed E-state index contributed by atoms with van der Waals surface area (Å²) < 4.78 is 4.59. The SMILES string of the molecule is COC(=O)c1ccc(C(=O)N(CCO)Cc2ccccc2)nc1. The molecule has 1 N–H and O–H groups in total. The Kier molecular flexibility index (Phi) is 5.82. The molecule has 1 amide bonds. The molecule has 0 spiro atoms. The van der Waals surface area contributed by atoms with E-state index in [1.165, 1.54) is 30.3 Å². The zero-order valence-electron chi connectivity index (χ0n) is 12.8. The van der Waals surface area contributed by atoms with Gasteiger partial charge in [0.2, 0.25) is 0 Å². The molecule has 0 saturated carbocycles. The molecule has 0 saturated heterocycles.